The molecule has 0 saturated carbocycles. The van der Waals surface area contributed by atoms with E-state index in [0.717, 1.165) is 25.3 Å². The summed E-state index contributed by atoms with van der Waals surface area (Å²) in [6.07, 6.45) is 3.31. The Kier molecular flexibility index (Phi) is 5.94. The number of likely N-dealkylation sites (tertiary alicyclic amines) is 1. The average Bonchev–Trinajstić information content (AvgIpc) is 2.88. The highest BCUT2D eigenvalue weighted by Crippen LogP contribution is 2.38. The maximum atomic E-state index is 14.5. The van der Waals surface area contributed by atoms with Crippen LogP contribution in [0.3, 0.4) is 0 Å². The van der Waals surface area contributed by atoms with Crippen LogP contribution in [-0.2, 0) is 11.3 Å². The minimum absolute atomic E-state index is 0.0658. The van der Waals surface area contributed by atoms with Crippen LogP contribution in [0.1, 0.15) is 31.2 Å². The topological polar surface area (TPSA) is 38.8 Å². The van der Waals surface area contributed by atoms with E-state index in [9.17, 15) is 13.6 Å². The van der Waals surface area contributed by atoms with Crippen LogP contribution >= 0.6 is 0 Å². The minimum Gasteiger partial charge on any atom is -0.497 e. The predicted molar refractivity (Wildman–Crippen MR) is 98.8 cm³/mol. The first-order valence-corrected chi connectivity index (χ1v) is 9.02. The van der Waals surface area contributed by atoms with Gasteiger partial charge in [-0.15, -0.1) is 0 Å². The third-order valence-corrected chi connectivity index (χ3v) is 4.90. The molecule has 4 nitrogen and oxygen atoms in total. The zero-order valence-electron chi connectivity index (χ0n) is 15.6. The van der Waals surface area contributed by atoms with Crippen molar-refractivity contribution < 1.29 is 23.0 Å². The Morgan fingerprint density at radius 1 is 1.04 bits per heavy atom. The van der Waals surface area contributed by atoms with Crippen molar-refractivity contribution >= 4 is 5.91 Å². The number of nitrogens with zero attached hydrogens (tertiary/aromatic N) is 1. The molecular formula is C21H23F2NO3. The number of methoxy groups -OCH3 is 2. The summed E-state index contributed by atoms with van der Waals surface area (Å²) < 4.78 is 39.1. The maximum absolute atomic E-state index is 14.5. The van der Waals surface area contributed by atoms with Crippen molar-refractivity contribution in [3.63, 3.8) is 0 Å². The number of amides is 1. The van der Waals surface area contributed by atoms with E-state index in [0.29, 0.717) is 35.6 Å². The summed E-state index contributed by atoms with van der Waals surface area (Å²) in [5, 5.41) is 0. The molecule has 0 aromatic heterocycles. The zero-order chi connectivity index (χ0) is 19.4. The molecule has 1 saturated heterocycles. The first kappa shape index (κ1) is 19.1. The number of hydrogen-bond acceptors (Lipinski definition) is 3. The van der Waals surface area contributed by atoms with E-state index >= 15 is 0 Å². The lowest BCUT2D eigenvalue weighted by molar-refractivity contribution is -0.131. The highest BCUT2D eigenvalue weighted by Gasteiger charge is 2.23. The second-order valence-corrected chi connectivity index (χ2v) is 6.58. The monoisotopic (exact) mass is 375 g/mol. The Hall–Kier alpha value is -2.63. The molecule has 6 heteroatoms. The molecule has 27 heavy (non-hydrogen) atoms. The van der Waals surface area contributed by atoms with E-state index in [1.54, 1.807) is 17.0 Å². The van der Waals surface area contributed by atoms with Gasteiger partial charge < -0.3 is 14.4 Å². The fourth-order valence-corrected chi connectivity index (χ4v) is 3.43. The SMILES string of the molecule is COc1cc(OC)c(CN2CCCCCC2=O)c(-c2cccc(F)c2F)c1. The van der Waals surface area contributed by atoms with Gasteiger partial charge in [-0.25, -0.2) is 8.78 Å². The van der Waals surface area contributed by atoms with E-state index in [1.165, 1.54) is 26.4 Å². The van der Waals surface area contributed by atoms with Gasteiger partial charge in [-0.05, 0) is 30.5 Å². The number of halogens is 2. The Bertz CT molecular complexity index is 838. The van der Waals surface area contributed by atoms with E-state index < -0.39 is 11.6 Å². The van der Waals surface area contributed by atoms with Gasteiger partial charge in [-0.2, -0.15) is 0 Å². The van der Waals surface area contributed by atoms with Gasteiger partial charge in [0.25, 0.3) is 0 Å². The van der Waals surface area contributed by atoms with Crippen molar-refractivity contribution in [2.75, 3.05) is 20.8 Å². The Balaban J connectivity index is 2.13. The van der Waals surface area contributed by atoms with Crippen LogP contribution in [0.4, 0.5) is 8.78 Å². The van der Waals surface area contributed by atoms with Crippen LogP contribution in [0, 0.1) is 11.6 Å². The fraction of sp³-hybridized carbons (Fsp3) is 0.381. The number of ether oxygens (including phenoxy) is 2. The smallest absolute Gasteiger partial charge is 0.222 e. The molecule has 0 aliphatic carbocycles. The van der Waals surface area contributed by atoms with Crippen molar-refractivity contribution in [2.24, 2.45) is 0 Å². The van der Waals surface area contributed by atoms with E-state index in [-0.39, 0.29) is 18.0 Å². The van der Waals surface area contributed by atoms with E-state index in [2.05, 4.69) is 0 Å². The highest BCUT2D eigenvalue weighted by molar-refractivity contribution is 5.78. The molecule has 2 aromatic carbocycles. The van der Waals surface area contributed by atoms with E-state index in [4.69, 9.17) is 9.47 Å². The van der Waals surface area contributed by atoms with Crippen LogP contribution in [-0.4, -0.2) is 31.6 Å². The van der Waals surface area contributed by atoms with Crippen LogP contribution in [0.5, 0.6) is 11.5 Å². The van der Waals surface area contributed by atoms with Gasteiger partial charge in [0, 0.05) is 36.7 Å². The summed E-state index contributed by atoms with van der Waals surface area (Å²) >= 11 is 0. The summed E-state index contributed by atoms with van der Waals surface area (Å²) in [7, 11) is 3.01. The molecule has 0 spiro atoms. The highest BCUT2D eigenvalue weighted by atomic mass is 19.2. The molecule has 1 fully saturated rings. The second-order valence-electron chi connectivity index (χ2n) is 6.58. The van der Waals surface area contributed by atoms with Crippen molar-refractivity contribution in [1.29, 1.82) is 0 Å². The van der Waals surface area contributed by atoms with Gasteiger partial charge in [-0.3, -0.25) is 4.79 Å². The molecule has 3 rings (SSSR count). The lowest BCUT2D eigenvalue weighted by Crippen LogP contribution is -2.30. The minimum atomic E-state index is -0.934. The fourth-order valence-electron chi connectivity index (χ4n) is 3.43. The third-order valence-electron chi connectivity index (χ3n) is 4.90. The lowest BCUT2D eigenvalue weighted by Gasteiger charge is -2.24. The molecule has 0 radical (unpaired) electrons. The largest absolute Gasteiger partial charge is 0.497 e. The van der Waals surface area contributed by atoms with Crippen molar-refractivity contribution in [3.05, 3.63) is 47.5 Å². The molecule has 1 amide bonds. The number of rotatable bonds is 5. The molecule has 0 atom stereocenters. The molecule has 1 aliphatic rings. The molecular weight excluding hydrogens is 352 g/mol. The number of benzene rings is 2. The third kappa shape index (κ3) is 4.04. The summed E-state index contributed by atoms with van der Waals surface area (Å²) in [6.45, 7) is 0.913. The maximum Gasteiger partial charge on any atom is 0.222 e. The number of carbonyl (C=O) groups excluding carboxylic acids is 1. The molecule has 1 heterocycles. The van der Waals surface area contributed by atoms with E-state index in [1.807, 2.05) is 0 Å². The molecule has 0 bridgehead atoms. The van der Waals surface area contributed by atoms with Crippen LogP contribution in [0.25, 0.3) is 11.1 Å². The number of carbonyl (C=O) groups is 1. The Morgan fingerprint density at radius 3 is 2.59 bits per heavy atom. The second kappa shape index (κ2) is 8.37. The van der Waals surface area contributed by atoms with Gasteiger partial charge in [0.05, 0.1) is 14.2 Å². The summed E-state index contributed by atoms with van der Waals surface area (Å²) in [5.74, 6) is -0.847. The van der Waals surface area contributed by atoms with Gasteiger partial charge in [0.15, 0.2) is 11.6 Å². The predicted octanol–water partition coefficient (Wildman–Crippen LogP) is 4.55. The summed E-state index contributed by atoms with van der Waals surface area (Å²) in [4.78, 5) is 14.2. The number of hydrogen-bond donors (Lipinski definition) is 0. The first-order valence-electron chi connectivity index (χ1n) is 9.02. The molecule has 0 N–H and O–H groups in total. The lowest BCUT2D eigenvalue weighted by atomic mass is 9.97. The zero-order valence-corrected chi connectivity index (χ0v) is 15.6. The average molecular weight is 375 g/mol. The quantitative estimate of drug-likeness (QED) is 0.770. The van der Waals surface area contributed by atoms with Gasteiger partial charge in [0.1, 0.15) is 11.5 Å². The molecule has 0 unspecified atom stereocenters. The first-order chi connectivity index (χ1) is 13.0. The van der Waals surface area contributed by atoms with Crippen LogP contribution in [0.15, 0.2) is 30.3 Å². The Morgan fingerprint density at radius 2 is 1.85 bits per heavy atom. The molecule has 1 aliphatic heterocycles. The summed E-state index contributed by atoms with van der Waals surface area (Å²) in [5.41, 5.74) is 1.21. The normalized spacial score (nSPS) is 14.8. The van der Waals surface area contributed by atoms with Gasteiger partial charge in [0.2, 0.25) is 5.91 Å². The van der Waals surface area contributed by atoms with Crippen molar-refractivity contribution in [3.8, 4) is 22.6 Å². The van der Waals surface area contributed by atoms with Gasteiger partial charge in [-0.1, -0.05) is 18.6 Å². The van der Waals surface area contributed by atoms with Crippen molar-refractivity contribution in [1.82, 2.24) is 4.90 Å². The summed E-state index contributed by atoms with van der Waals surface area (Å²) in [6, 6.07) is 7.39. The Labute approximate surface area is 157 Å². The molecule has 2 aromatic rings. The van der Waals surface area contributed by atoms with Crippen LogP contribution < -0.4 is 9.47 Å². The standard InChI is InChI=1S/C21H23F2NO3/c1-26-14-11-16(15-7-6-8-18(22)21(15)23)17(19(12-14)27-2)13-24-10-5-3-4-9-20(24)25/h6-8,11-12H,3-5,9-10,13H2,1-2H3. The molecule has 144 valence electrons. The van der Waals surface area contributed by atoms with Gasteiger partial charge >= 0.3 is 0 Å². The van der Waals surface area contributed by atoms with Crippen LogP contribution in [0.2, 0.25) is 0 Å². The van der Waals surface area contributed by atoms with Crippen molar-refractivity contribution in [2.45, 2.75) is 32.2 Å².